The van der Waals surface area contributed by atoms with Crippen molar-refractivity contribution in [3.63, 3.8) is 0 Å². The topological polar surface area (TPSA) is 38.3 Å². The van der Waals surface area contributed by atoms with Crippen LogP contribution in [-0.4, -0.2) is 18.6 Å². The van der Waals surface area contributed by atoms with Crippen molar-refractivity contribution in [2.75, 3.05) is 17.8 Å². The van der Waals surface area contributed by atoms with E-state index < -0.39 is 6.09 Å². The van der Waals surface area contributed by atoms with E-state index >= 15 is 0 Å². The van der Waals surface area contributed by atoms with Gasteiger partial charge in [0, 0.05) is 11.6 Å². The number of nitrogens with one attached hydrogen (secondary N) is 1. The summed E-state index contributed by atoms with van der Waals surface area (Å²) in [6.45, 7) is 0.365. The van der Waals surface area contributed by atoms with Crippen molar-refractivity contribution in [1.29, 1.82) is 0 Å². The molecule has 94 valence electrons. The van der Waals surface area contributed by atoms with Gasteiger partial charge in [-0.1, -0.05) is 0 Å². The minimum absolute atomic E-state index is 0.343. The smallest absolute Gasteiger partial charge is 0.411 e. The third-order valence-corrected chi connectivity index (χ3v) is 2.37. The van der Waals surface area contributed by atoms with Crippen LogP contribution < -0.4 is 5.32 Å². The third kappa shape index (κ3) is 6.12. The van der Waals surface area contributed by atoms with E-state index in [2.05, 4.69) is 5.32 Å². The zero-order chi connectivity index (χ0) is 12.5. The SMILES string of the molecule is O=C(Nc1ccc(F)cc1)OCCCCCCl. The number of carbonyl (C=O) groups is 1. The summed E-state index contributed by atoms with van der Waals surface area (Å²) in [5.41, 5.74) is 0.511. The van der Waals surface area contributed by atoms with Gasteiger partial charge in [0.05, 0.1) is 6.61 Å². The predicted octanol–water partition coefficient (Wildman–Crippen LogP) is 3.78. The summed E-state index contributed by atoms with van der Waals surface area (Å²) in [5, 5.41) is 2.51. The molecule has 0 fully saturated rings. The third-order valence-electron chi connectivity index (χ3n) is 2.10. The van der Waals surface area contributed by atoms with Crippen LogP contribution in [0.3, 0.4) is 0 Å². The van der Waals surface area contributed by atoms with Crippen molar-refractivity contribution in [3.05, 3.63) is 30.1 Å². The Morgan fingerprint density at radius 2 is 1.94 bits per heavy atom. The summed E-state index contributed by atoms with van der Waals surface area (Å²) >= 11 is 5.51. The van der Waals surface area contributed by atoms with E-state index in [1.54, 1.807) is 0 Å². The molecule has 0 heterocycles. The second kappa shape index (κ2) is 7.90. The minimum Gasteiger partial charge on any atom is -0.449 e. The van der Waals surface area contributed by atoms with Crippen LogP contribution in [0.2, 0.25) is 0 Å². The second-order valence-corrected chi connectivity index (χ2v) is 3.90. The van der Waals surface area contributed by atoms with Crippen LogP contribution in [0, 0.1) is 5.82 Å². The summed E-state index contributed by atoms with van der Waals surface area (Å²) in [5.74, 6) is 0.284. The van der Waals surface area contributed by atoms with Crippen molar-refractivity contribution >= 4 is 23.4 Å². The normalized spacial score (nSPS) is 10.0. The molecule has 0 aromatic heterocycles. The fourth-order valence-corrected chi connectivity index (χ4v) is 1.41. The van der Waals surface area contributed by atoms with Crippen molar-refractivity contribution in [1.82, 2.24) is 0 Å². The van der Waals surface area contributed by atoms with E-state index in [0.29, 0.717) is 18.2 Å². The molecule has 0 bridgehead atoms. The van der Waals surface area contributed by atoms with Gasteiger partial charge in [0.2, 0.25) is 0 Å². The average Bonchev–Trinajstić information content (AvgIpc) is 2.32. The lowest BCUT2D eigenvalue weighted by molar-refractivity contribution is 0.159. The van der Waals surface area contributed by atoms with E-state index in [9.17, 15) is 9.18 Å². The van der Waals surface area contributed by atoms with Gasteiger partial charge in [-0.15, -0.1) is 11.6 Å². The maximum atomic E-state index is 12.6. The van der Waals surface area contributed by atoms with Crippen molar-refractivity contribution < 1.29 is 13.9 Å². The Kier molecular flexibility index (Phi) is 6.40. The molecule has 1 N–H and O–H groups in total. The zero-order valence-corrected chi connectivity index (χ0v) is 10.2. The lowest BCUT2D eigenvalue weighted by Crippen LogP contribution is -2.14. The number of hydrogen-bond acceptors (Lipinski definition) is 2. The number of alkyl halides is 1. The van der Waals surface area contributed by atoms with Crippen molar-refractivity contribution in [3.8, 4) is 0 Å². The lowest BCUT2D eigenvalue weighted by Gasteiger charge is -2.06. The van der Waals surface area contributed by atoms with Crippen LogP contribution in [0.25, 0.3) is 0 Å². The molecule has 0 saturated heterocycles. The molecule has 1 aromatic rings. The van der Waals surface area contributed by atoms with Gasteiger partial charge < -0.3 is 4.74 Å². The van der Waals surface area contributed by atoms with Gasteiger partial charge in [-0.05, 0) is 43.5 Å². The molecular formula is C12H15ClFNO2. The maximum Gasteiger partial charge on any atom is 0.411 e. The molecule has 1 amide bonds. The Morgan fingerprint density at radius 1 is 1.24 bits per heavy atom. The highest BCUT2D eigenvalue weighted by molar-refractivity contribution is 6.17. The standard InChI is InChI=1S/C12H15ClFNO2/c13-8-2-1-3-9-17-12(16)15-11-6-4-10(14)5-7-11/h4-7H,1-3,8-9H2,(H,15,16). The Hall–Kier alpha value is -1.29. The molecule has 0 saturated carbocycles. The van der Waals surface area contributed by atoms with Gasteiger partial charge in [0.1, 0.15) is 5.82 Å². The van der Waals surface area contributed by atoms with Crippen LogP contribution in [0.15, 0.2) is 24.3 Å². The number of amides is 1. The Labute approximate surface area is 105 Å². The highest BCUT2D eigenvalue weighted by Crippen LogP contribution is 2.08. The summed E-state index contributed by atoms with van der Waals surface area (Å²) in [6, 6.07) is 5.50. The number of anilines is 1. The predicted molar refractivity (Wildman–Crippen MR) is 65.9 cm³/mol. The fraction of sp³-hybridized carbons (Fsp3) is 0.417. The van der Waals surface area contributed by atoms with E-state index in [0.717, 1.165) is 19.3 Å². The monoisotopic (exact) mass is 259 g/mol. The molecule has 0 aliphatic carbocycles. The molecule has 1 rings (SSSR count). The van der Waals surface area contributed by atoms with Crippen LogP contribution >= 0.6 is 11.6 Å². The van der Waals surface area contributed by atoms with Crippen molar-refractivity contribution in [2.45, 2.75) is 19.3 Å². The maximum absolute atomic E-state index is 12.6. The number of ether oxygens (including phenoxy) is 1. The summed E-state index contributed by atoms with van der Waals surface area (Å²) in [4.78, 5) is 11.3. The number of halogens is 2. The number of rotatable bonds is 6. The molecule has 0 aliphatic heterocycles. The Balaban J connectivity index is 2.18. The van der Waals surface area contributed by atoms with E-state index in [-0.39, 0.29) is 5.82 Å². The second-order valence-electron chi connectivity index (χ2n) is 3.52. The van der Waals surface area contributed by atoms with Gasteiger partial charge >= 0.3 is 6.09 Å². The van der Waals surface area contributed by atoms with Crippen molar-refractivity contribution in [2.24, 2.45) is 0 Å². The van der Waals surface area contributed by atoms with Crippen LogP contribution in [0.4, 0.5) is 14.9 Å². The van der Waals surface area contributed by atoms with Gasteiger partial charge in [-0.25, -0.2) is 9.18 Å². The number of carbonyl (C=O) groups excluding carboxylic acids is 1. The molecule has 0 atom stereocenters. The highest BCUT2D eigenvalue weighted by Gasteiger charge is 2.02. The Morgan fingerprint density at radius 3 is 2.59 bits per heavy atom. The molecular weight excluding hydrogens is 245 g/mol. The first-order chi connectivity index (χ1) is 8.22. The van der Waals surface area contributed by atoms with Gasteiger partial charge in [-0.2, -0.15) is 0 Å². The number of hydrogen-bond donors (Lipinski definition) is 1. The van der Waals surface area contributed by atoms with Crippen LogP contribution in [-0.2, 0) is 4.74 Å². The van der Waals surface area contributed by atoms with Crippen LogP contribution in [0.1, 0.15) is 19.3 Å². The zero-order valence-electron chi connectivity index (χ0n) is 9.42. The van der Waals surface area contributed by atoms with E-state index in [4.69, 9.17) is 16.3 Å². The molecule has 0 radical (unpaired) electrons. The molecule has 1 aromatic carbocycles. The highest BCUT2D eigenvalue weighted by atomic mass is 35.5. The van der Waals surface area contributed by atoms with Gasteiger partial charge in [0.25, 0.3) is 0 Å². The van der Waals surface area contributed by atoms with E-state index in [1.165, 1.54) is 24.3 Å². The number of unbranched alkanes of at least 4 members (excludes halogenated alkanes) is 2. The van der Waals surface area contributed by atoms with Crippen LogP contribution in [0.5, 0.6) is 0 Å². The summed E-state index contributed by atoms with van der Waals surface area (Å²) in [7, 11) is 0. The quantitative estimate of drug-likeness (QED) is 0.624. The fourth-order valence-electron chi connectivity index (χ4n) is 1.23. The molecule has 0 unspecified atom stereocenters. The first-order valence-electron chi connectivity index (χ1n) is 5.47. The van der Waals surface area contributed by atoms with Gasteiger partial charge in [0.15, 0.2) is 0 Å². The average molecular weight is 260 g/mol. The van der Waals surface area contributed by atoms with Gasteiger partial charge in [-0.3, -0.25) is 5.32 Å². The number of benzene rings is 1. The molecule has 3 nitrogen and oxygen atoms in total. The molecule has 5 heteroatoms. The summed E-state index contributed by atoms with van der Waals surface area (Å²) in [6.07, 6.45) is 2.13. The lowest BCUT2D eigenvalue weighted by atomic mass is 10.3. The Bertz CT molecular complexity index is 343. The first-order valence-corrected chi connectivity index (χ1v) is 6.01. The summed E-state index contributed by atoms with van der Waals surface area (Å²) < 4.78 is 17.5. The minimum atomic E-state index is -0.525. The largest absolute Gasteiger partial charge is 0.449 e. The molecule has 0 aliphatic rings. The van der Waals surface area contributed by atoms with E-state index in [1.807, 2.05) is 0 Å². The molecule has 0 spiro atoms. The molecule has 17 heavy (non-hydrogen) atoms. The first kappa shape index (κ1) is 13.8.